The first-order chi connectivity index (χ1) is 14.7. The lowest BCUT2D eigenvalue weighted by Crippen LogP contribution is -2.45. The Morgan fingerprint density at radius 2 is 1.68 bits per heavy atom. The Labute approximate surface area is 186 Å². The highest BCUT2D eigenvalue weighted by molar-refractivity contribution is 5.85. The zero-order valence-corrected chi connectivity index (χ0v) is 19.5. The molecule has 0 aliphatic carbocycles. The molecule has 1 aromatic heterocycles. The van der Waals surface area contributed by atoms with Crippen LogP contribution >= 0.6 is 0 Å². The summed E-state index contributed by atoms with van der Waals surface area (Å²) in [5.41, 5.74) is 1.01. The summed E-state index contributed by atoms with van der Waals surface area (Å²) in [6.45, 7) is 9.70. The van der Waals surface area contributed by atoms with E-state index in [-0.39, 0.29) is 23.8 Å². The fourth-order valence-corrected chi connectivity index (χ4v) is 3.28. The summed E-state index contributed by atoms with van der Waals surface area (Å²) >= 11 is 0. The number of rotatable bonds is 11. The number of furan rings is 1. The molecule has 0 spiro atoms. The van der Waals surface area contributed by atoms with Crippen molar-refractivity contribution in [2.45, 2.75) is 47.1 Å². The zero-order valence-electron chi connectivity index (χ0n) is 19.5. The van der Waals surface area contributed by atoms with E-state index in [2.05, 4.69) is 12.1 Å². The van der Waals surface area contributed by atoms with Gasteiger partial charge in [0.15, 0.2) is 0 Å². The highest BCUT2D eigenvalue weighted by atomic mass is 16.5. The Bertz CT molecular complexity index is 824. The highest BCUT2D eigenvalue weighted by Gasteiger charge is 2.25. The van der Waals surface area contributed by atoms with Gasteiger partial charge < -0.3 is 19.0 Å². The monoisotopic (exact) mass is 428 g/mol. The van der Waals surface area contributed by atoms with Crippen molar-refractivity contribution in [3.8, 4) is 0 Å². The fraction of sp³-hybridized carbons (Fsp3) is 0.520. The molecular formula is C25H36N2O4. The normalized spacial score (nSPS) is 11.4. The first-order valence-corrected chi connectivity index (χ1v) is 10.8. The van der Waals surface area contributed by atoms with Gasteiger partial charge in [0.2, 0.25) is 11.8 Å². The molecule has 0 bridgehead atoms. The van der Waals surface area contributed by atoms with Crippen LogP contribution in [0.25, 0.3) is 0 Å². The fourth-order valence-electron chi connectivity index (χ4n) is 3.28. The van der Waals surface area contributed by atoms with E-state index >= 15 is 0 Å². The molecule has 170 valence electrons. The van der Waals surface area contributed by atoms with Crippen LogP contribution in [0.1, 0.15) is 44.3 Å². The molecule has 0 atom stereocenters. The third-order valence-corrected chi connectivity index (χ3v) is 4.93. The van der Waals surface area contributed by atoms with Crippen molar-refractivity contribution in [1.29, 1.82) is 0 Å². The molecule has 1 aromatic carbocycles. The Morgan fingerprint density at radius 1 is 0.968 bits per heavy atom. The predicted octanol–water partition coefficient (Wildman–Crippen LogP) is 4.07. The molecule has 1 heterocycles. The number of ether oxygens (including phenoxy) is 1. The molecule has 0 N–H and O–H groups in total. The molecule has 0 aliphatic rings. The van der Waals surface area contributed by atoms with Crippen LogP contribution in [0.5, 0.6) is 0 Å². The average molecular weight is 429 g/mol. The van der Waals surface area contributed by atoms with E-state index in [1.807, 2.05) is 58.0 Å². The van der Waals surface area contributed by atoms with Gasteiger partial charge in [-0.1, -0.05) is 51.1 Å². The van der Waals surface area contributed by atoms with Crippen LogP contribution in [0.3, 0.4) is 0 Å². The maximum absolute atomic E-state index is 13.3. The van der Waals surface area contributed by atoms with Gasteiger partial charge in [-0.05, 0) is 36.5 Å². The second-order valence-corrected chi connectivity index (χ2v) is 9.11. The number of hydrogen-bond donors (Lipinski definition) is 0. The summed E-state index contributed by atoms with van der Waals surface area (Å²) in [5.74, 6) is 1.43. The first-order valence-electron chi connectivity index (χ1n) is 10.8. The Balaban J connectivity index is 2.12. The van der Waals surface area contributed by atoms with Crippen LogP contribution < -0.4 is 0 Å². The molecule has 0 radical (unpaired) electrons. The predicted molar refractivity (Wildman–Crippen MR) is 122 cm³/mol. The lowest BCUT2D eigenvalue weighted by atomic mass is 9.91. The molecular weight excluding hydrogens is 392 g/mol. The van der Waals surface area contributed by atoms with Gasteiger partial charge >= 0.3 is 0 Å². The summed E-state index contributed by atoms with van der Waals surface area (Å²) in [7, 11) is 1.60. The summed E-state index contributed by atoms with van der Waals surface area (Å²) in [6, 6.07) is 13.9. The van der Waals surface area contributed by atoms with Crippen LogP contribution in [0.15, 0.2) is 46.9 Å². The van der Waals surface area contributed by atoms with E-state index in [0.29, 0.717) is 32.7 Å². The van der Waals surface area contributed by atoms with Gasteiger partial charge in [-0.15, -0.1) is 0 Å². The minimum absolute atomic E-state index is 0.0326. The van der Waals surface area contributed by atoms with E-state index in [0.717, 1.165) is 23.5 Å². The number of aryl methyl sites for hydroxylation is 1. The quantitative estimate of drug-likeness (QED) is 0.541. The van der Waals surface area contributed by atoms with Crippen molar-refractivity contribution < 1.29 is 18.7 Å². The third kappa shape index (κ3) is 8.97. The topological polar surface area (TPSA) is 63.0 Å². The Kier molecular flexibility index (Phi) is 9.31. The molecule has 31 heavy (non-hydrogen) atoms. The summed E-state index contributed by atoms with van der Waals surface area (Å²) < 4.78 is 10.9. The van der Waals surface area contributed by atoms with Gasteiger partial charge in [-0.3, -0.25) is 9.59 Å². The first kappa shape index (κ1) is 24.7. The Hall–Kier alpha value is -2.60. The number of carbonyl (C=O) groups excluding carboxylic acids is 2. The molecule has 0 saturated heterocycles. The average Bonchev–Trinajstić information content (AvgIpc) is 3.12. The van der Waals surface area contributed by atoms with E-state index in [1.54, 1.807) is 16.9 Å². The van der Waals surface area contributed by atoms with Crippen molar-refractivity contribution in [3.63, 3.8) is 0 Å². The second kappa shape index (κ2) is 11.7. The number of methoxy groups -OCH3 is 1. The number of nitrogens with zero attached hydrogens (tertiary/aromatic N) is 2. The second-order valence-electron chi connectivity index (χ2n) is 9.11. The van der Waals surface area contributed by atoms with Crippen molar-refractivity contribution >= 4 is 11.8 Å². The van der Waals surface area contributed by atoms with E-state index in [9.17, 15) is 9.59 Å². The maximum Gasteiger partial charge on any atom is 0.242 e. The summed E-state index contributed by atoms with van der Waals surface area (Å²) in [6.07, 6.45) is 1.12. The summed E-state index contributed by atoms with van der Waals surface area (Å²) in [5, 5.41) is 0. The van der Waals surface area contributed by atoms with Crippen molar-refractivity contribution in [3.05, 3.63) is 59.5 Å². The van der Waals surface area contributed by atoms with Gasteiger partial charge in [-0.2, -0.15) is 0 Å². The largest absolute Gasteiger partial charge is 0.464 e. The van der Waals surface area contributed by atoms with E-state index < -0.39 is 0 Å². The molecule has 6 heteroatoms. The van der Waals surface area contributed by atoms with Crippen LogP contribution in [-0.2, 0) is 27.3 Å². The molecule has 6 nitrogen and oxygen atoms in total. The lowest BCUT2D eigenvalue weighted by molar-refractivity contribution is -0.142. The number of amides is 2. The number of benzene rings is 1. The standard InChI is InChI=1S/C25H36N2O4/c1-20-11-12-22(31-20)18-26(14-13-21-9-7-6-8-10-21)24(29)19-27(15-16-30-5)23(28)17-25(2,3)4/h6-12H,13-19H2,1-5H3. The Morgan fingerprint density at radius 3 is 2.26 bits per heavy atom. The molecule has 2 amide bonds. The minimum Gasteiger partial charge on any atom is -0.464 e. The van der Waals surface area contributed by atoms with Gasteiger partial charge in [0.1, 0.15) is 11.5 Å². The van der Waals surface area contributed by atoms with Gasteiger partial charge in [0, 0.05) is 26.6 Å². The van der Waals surface area contributed by atoms with Crippen LogP contribution in [0, 0.1) is 12.3 Å². The highest BCUT2D eigenvalue weighted by Crippen LogP contribution is 2.20. The van der Waals surface area contributed by atoms with Crippen LogP contribution in [0.2, 0.25) is 0 Å². The molecule has 0 aliphatic heterocycles. The molecule has 0 fully saturated rings. The van der Waals surface area contributed by atoms with E-state index in [4.69, 9.17) is 9.15 Å². The van der Waals surface area contributed by atoms with Crippen LogP contribution in [-0.4, -0.2) is 55.0 Å². The van der Waals surface area contributed by atoms with Crippen molar-refractivity contribution in [1.82, 2.24) is 9.80 Å². The van der Waals surface area contributed by atoms with E-state index in [1.165, 1.54) is 0 Å². The smallest absolute Gasteiger partial charge is 0.242 e. The van der Waals surface area contributed by atoms with Gasteiger partial charge in [0.25, 0.3) is 0 Å². The minimum atomic E-state index is -0.149. The molecule has 0 unspecified atom stereocenters. The molecule has 2 aromatic rings. The van der Waals surface area contributed by atoms with Crippen molar-refractivity contribution in [2.24, 2.45) is 5.41 Å². The zero-order chi connectivity index (χ0) is 22.9. The summed E-state index contributed by atoms with van der Waals surface area (Å²) in [4.78, 5) is 29.5. The number of carbonyl (C=O) groups is 2. The molecule has 0 saturated carbocycles. The van der Waals surface area contributed by atoms with Crippen LogP contribution in [0.4, 0.5) is 0 Å². The van der Waals surface area contributed by atoms with Gasteiger partial charge in [-0.25, -0.2) is 0 Å². The lowest BCUT2D eigenvalue weighted by Gasteiger charge is -2.29. The number of hydrogen-bond acceptors (Lipinski definition) is 4. The SMILES string of the molecule is COCCN(CC(=O)N(CCc1ccccc1)Cc1ccc(C)o1)C(=O)CC(C)(C)C. The maximum atomic E-state index is 13.3. The molecule has 2 rings (SSSR count). The third-order valence-electron chi connectivity index (χ3n) is 4.93. The van der Waals surface area contributed by atoms with Crippen molar-refractivity contribution in [2.75, 3.05) is 33.4 Å². The van der Waals surface area contributed by atoms with Gasteiger partial charge in [0.05, 0.1) is 19.7 Å².